The van der Waals surface area contributed by atoms with Crippen LogP contribution in [0.2, 0.25) is 5.02 Å². The van der Waals surface area contributed by atoms with E-state index in [1.807, 2.05) is 43.3 Å². The highest BCUT2D eigenvalue weighted by Crippen LogP contribution is 2.21. The molecule has 122 valence electrons. The fourth-order valence-electron chi connectivity index (χ4n) is 2.32. The Morgan fingerprint density at radius 2 is 2.04 bits per heavy atom. The lowest BCUT2D eigenvalue weighted by atomic mass is 10.1. The van der Waals surface area contributed by atoms with Gasteiger partial charge in [-0.1, -0.05) is 29.8 Å². The third kappa shape index (κ3) is 4.71. The Bertz CT molecular complexity index is 673. The van der Waals surface area contributed by atoms with Crippen LogP contribution >= 0.6 is 11.6 Å². The first-order valence-electron chi connectivity index (χ1n) is 7.65. The number of rotatable bonds is 7. The normalized spacial score (nSPS) is 11.0. The van der Waals surface area contributed by atoms with Crippen molar-refractivity contribution in [1.82, 2.24) is 0 Å². The summed E-state index contributed by atoms with van der Waals surface area (Å²) >= 11 is 6.08. The number of nitrogens with zero attached hydrogens (tertiary/aromatic N) is 2. The molecule has 0 saturated carbocycles. The monoisotopic (exact) mass is 331 g/mol. The summed E-state index contributed by atoms with van der Waals surface area (Å²) < 4.78 is 0. The Kier molecular flexibility index (Phi) is 6.44. The van der Waals surface area contributed by atoms with E-state index in [-0.39, 0.29) is 6.61 Å². The van der Waals surface area contributed by atoms with E-state index in [4.69, 9.17) is 16.7 Å². The van der Waals surface area contributed by atoms with Crippen LogP contribution in [0.15, 0.2) is 47.6 Å². The molecule has 0 aliphatic carbocycles. The highest BCUT2D eigenvalue weighted by atomic mass is 35.5. The zero-order valence-electron chi connectivity index (χ0n) is 13.5. The number of hydrazone groups is 1. The van der Waals surface area contributed by atoms with E-state index in [9.17, 15) is 0 Å². The van der Waals surface area contributed by atoms with Crippen LogP contribution < -0.4 is 10.3 Å². The largest absolute Gasteiger partial charge is 0.395 e. The fourth-order valence-corrected chi connectivity index (χ4v) is 2.49. The van der Waals surface area contributed by atoms with E-state index in [1.165, 1.54) is 0 Å². The molecule has 0 saturated heterocycles. The third-order valence-corrected chi connectivity index (χ3v) is 3.96. The van der Waals surface area contributed by atoms with E-state index < -0.39 is 0 Å². The van der Waals surface area contributed by atoms with Gasteiger partial charge in [-0.2, -0.15) is 5.10 Å². The van der Waals surface area contributed by atoms with Gasteiger partial charge in [0.2, 0.25) is 0 Å². The molecule has 0 aromatic heterocycles. The number of likely N-dealkylation sites (N-methyl/N-ethyl adjacent to an activating group) is 1. The van der Waals surface area contributed by atoms with Crippen LogP contribution in [0, 0.1) is 6.92 Å². The summed E-state index contributed by atoms with van der Waals surface area (Å²) in [6.07, 6.45) is 1.78. The number of nitrogens with one attached hydrogen (secondary N) is 1. The van der Waals surface area contributed by atoms with Gasteiger partial charge in [0.15, 0.2) is 0 Å². The van der Waals surface area contributed by atoms with Gasteiger partial charge in [0.1, 0.15) is 0 Å². The van der Waals surface area contributed by atoms with E-state index in [0.29, 0.717) is 11.6 Å². The summed E-state index contributed by atoms with van der Waals surface area (Å²) in [5.41, 5.74) is 7.00. The topological polar surface area (TPSA) is 47.9 Å². The smallest absolute Gasteiger partial charge is 0.0748 e. The summed E-state index contributed by atoms with van der Waals surface area (Å²) in [5.74, 6) is 0. The van der Waals surface area contributed by atoms with Crippen molar-refractivity contribution in [1.29, 1.82) is 0 Å². The maximum Gasteiger partial charge on any atom is 0.0748 e. The number of aryl methyl sites for hydroxylation is 1. The van der Waals surface area contributed by atoms with Crippen molar-refractivity contribution in [3.8, 4) is 0 Å². The summed E-state index contributed by atoms with van der Waals surface area (Å²) in [6, 6.07) is 13.7. The molecule has 0 radical (unpaired) electrons. The zero-order valence-corrected chi connectivity index (χ0v) is 14.2. The maximum atomic E-state index is 9.12. The Balaban J connectivity index is 2.09. The second kappa shape index (κ2) is 8.56. The Labute approximate surface area is 142 Å². The highest BCUT2D eigenvalue weighted by Gasteiger charge is 2.05. The maximum absolute atomic E-state index is 9.12. The second-order valence-corrected chi connectivity index (χ2v) is 5.60. The standard InChI is InChI=1S/C18H22ClN3O/c1-3-22(10-11-23)16-9-8-15(14(2)12-16)13-20-21-18-7-5-4-6-17(18)19/h4-9,12-13,21,23H,3,10-11H2,1-2H3/b20-13-. The molecule has 4 nitrogen and oxygen atoms in total. The quantitative estimate of drug-likeness (QED) is 0.597. The third-order valence-electron chi connectivity index (χ3n) is 3.63. The average Bonchev–Trinajstić information content (AvgIpc) is 2.56. The van der Waals surface area contributed by atoms with Crippen LogP contribution in [0.4, 0.5) is 11.4 Å². The Morgan fingerprint density at radius 3 is 2.70 bits per heavy atom. The van der Waals surface area contributed by atoms with E-state index in [1.54, 1.807) is 6.21 Å². The Morgan fingerprint density at radius 1 is 1.26 bits per heavy atom. The lowest BCUT2D eigenvalue weighted by Crippen LogP contribution is -2.26. The number of hydrogen-bond acceptors (Lipinski definition) is 4. The van der Waals surface area contributed by atoms with Crippen molar-refractivity contribution in [3.05, 3.63) is 58.6 Å². The first-order chi connectivity index (χ1) is 11.2. The molecule has 0 amide bonds. The van der Waals surface area contributed by atoms with Crippen LogP contribution in [-0.2, 0) is 0 Å². The fraction of sp³-hybridized carbons (Fsp3) is 0.278. The molecule has 0 aliphatic rings. The molecule has 0 atom stereocenters. The minimum atomic E-state index is 0.151. The molecule has 2 N–H and O–H groups in total. The SMILES string of the molecule is CCN(CCO)c1ccc(/C=N\Nc2ccccc2Cl)c(C)c1. The minimum Gasteiger partial charge on any atom is -0.395 e. The molecular weight excluding hydrogens is 310 g/mol. The lowest BCUT2D eigenvalue weighted by Gasteiger charge is -2.22. The van der Waals surface area contributed by atoms with Crippen LogP contribution in [0.3, 0.4) is 0 Å². The van der Waals surface area contributed by atoms with Gasteiger partial charge >= 0.3 is 0 Å². The molecule has 0 fully saturated rings. The van der Waals surface area contributed by atoms with Gasteiger partial charge < -0.3 is 10.0 Å². The molecule has 0 unspecified atom stereocenters. The number of aliphatic hydroxyl groups is 1. The summed E-state index contributed by atoms with van der Waals surface area (Å²) in [5, 5.41) is 14.0. The second-order valence-electron chi connectivity index (χ2n) is 5.19. The van der Waals surface area contributed by atoms with Crippen LogP contribution in [0.1, 0.15) is 18.1 Å². The van der Waals surface area contributed by atoms with Gasteiger partial charge in [-0.05, 0) is 49.2 Å². The predicted molar refractivity (Wildman–Crippen MR) is 98.8 cm³/mol. The predicted octanol–water partition coefficient (Wildman–Crippen LogP) is 3.91. The van der Waals surface area contributed by atoms with E-state index >= 15 is 0 Å². The van der Waals surface area contributed by atoms with Crippen molar-refractivity contribution in [3.63, 3.8) is 0 Å². The van der Waals surface area contributed by atoms with E-state index in [0.717, 1.165) is 29.0 Å². The first kappa shape index (κ1) is 17.3. The number of halogens is 1. The van der Waals surface area contributed by atoms with Gasteiger partial charge in [-0.25, -0.2) is 0 Å². The zero-order chi connectivity index (χ0) is 16.7. The first-order valence-corrected chi connectivity index (χ1v) is 8.03. The number of hydrogen-bond donors (Lipinski definition) is 2. The van der Waals surface area contributed by atoms with Crippen molar-refractivity contribution < 1.29 is 5.11 Å². The van der Waals surface area contributed by atoms with Gasteiger partial charge in [0, 0.05) is 18.8 Å². The van der Waals surface area contributed by atoms with Gasteiger partial charge in [0.25, 0.3) is 0 Å². The average molecular weight is 332 g/mol. The highest BCUT2D eigenvalue weighted by molar-refractivity contribution is 6.33. The molecule has 2 rings (SSSR count). The van der Waals surface area contributed by atoms with Crippen molar-refractivity contribution in [2.75, 3.05) is 30.0 Å². The van der Waals surface area contributed by atoms with Gasteiger partial charge in [-0.3, -0.25) is 5.43 Å². The molecule has 0 spiro atoms. The van der Waals surface area contributed by atoms with E-state index in [2.05, 4.69) is 28.4 Å². The minimum absolute atomic E-state index is 0.151. The molecule has 2 aromatic carbocycles. The summed E-state index contributed by atoms with van der Waals surface area (Å²) in [6.45, 7) is 5.78. The van der Waals surface area contributed by atoms with Crippen molar-refractivity contribution >= 4 is 29.2 Å². The molecule has 0 aliphatic heterocycles. The van der Waals surface area contributed by atoms with Gasteiger partial charge in [-0.15, -0.1) is 0 Å². The number of aliphatic hydroxyl groups excluding tert-OH is 1. The lowest BCUT2D eigenvalue weighted by molar-refractivity contribution is 0.302. The van der Waals surface area contributed by atoms with Gasteiger partial charge in [0.05, 0.1) is 23.5 Å². The number of benzene rings is 2. The number of anilines is 2. The number of para-hydroxylation sites is 1. The van der Waals surface area contributed by atoms with Crippen LogP contribution in [0.5, 0.6) is 0 Å². The summed E-state index contributed by atoms with van der Waals surface area (Å²) in [7, 11) is 0. The molecule has 0 bridgehead atoms. The molecule has 2 aromatic rings. The molecule has 5 heteroatoms. The van der Waals surface area contributed by atoms with Crippen molar-refractivity contribution in [2.45, 2.75) is 13.8 Å². The van der Waals surface area contributed by atoms with Crippen molar-refractivity contribution in [2.24, 2.45) is 5.10 Å². The Hall–Kier alpha value is -2.04. The molecular formula is C18H22ClN3O. The summed E-state index contributed by atoms with van der Waals surface area (Å²) in [4.78, 5) is 2.13. The molecule has 0 heterocycles. The van der Waals surface area contributed by atoms with Crippen LogP contribution in [-0.4, -0.2) is 31.0 Å². The van der Waals surface area contributed by atoms with Crippen LogP contribution in [0.25, 0.3) is 0 Å². The molecule has 23 heavy (non-hydrogen) atoms.